The van der Waals surface area contributed by atoms with Gasteiger partial charge in [-0.05, 0) is 63.1 Å². The van der Waals surface area contributed by atoms with Crippen LogP contribution in [0.1, 0.15) is 61.5 Å². The maximum absolute atomic E-state index is 13.2. The zero-order valence-corrected chi connectivity index (χ0v) is 23.5. The number of alkyl halides is 5. The lowest BCUT2D eigenvalue weighted by Crippen LogP contribution is -2.47. The van der Waals surface area contributed by atoms with Gasteiger partial charge in [0.2, 0.25) is 0 Å². The van der Waals surface area contributed by atoms with E-state index in [2.05, 4.69) is 15.2 Å². The van der Waals surface area contributed by atoms with Gasteiger partial charge in [0, 0.05) is 31.3 Å². The number of aromatic nitrogens is 2. The van der Waals surface area contributed by atoms with Crippen LogP contribution in [-0.2, 0) is 22.8 Å². The number of amides is 1. The highest BCUT2D eigenvalue weighted by Gasteiger charge is 2.37. The largest absolute Gasteiger partial charge is 0.434 e. The first-order valence-electron chi connectivity index (χ1n) is 12.6. The summed E-state index contributed by atoms with van der Waals surface area (Å²) in [5, 5.41) is 16.9. The highest BCUT2D eigenvalue weighted by Crippen LogP contribution is 2.39. The van der Waals surface area contributed by atoms with Gasteiger partial charge in [0.15, 0.2) is 5.69 Å². The van der Waals surface area contributed by atoms with Crippen molar-refractivity contribution in [3.05, 3.63) is 34.5 Å². The maximum atomic E-state index is 13.2. The Bertz CT molecular complexity index is 1310. The summed E-state index contributed by atoms with van der Waals surface area (Å²) < 4.78 is 93.5. The van der Waals surface area contributed by atoms with E-state index in [9.17, 15) is 40.3 Å². The Morgan fingerprint density at radius 3 is 2.50 bits per heavy atom. The molecule has 0 saturated heterocycles. The Morgan fingerprint density at radius 2 is 1.95 bits per heavy atom. The van der Waals surface area contributed by atoms with E-state index in [0.29, 0.717) is 5.56 Å². The van der Waals surface area contributed by atoms with Crippen LogP contribution in [0.25, 0.3) is 11.3 Å². The number of aliphatic hydroxyl groups is 1. The molecule has 224 valence electrons. The summed E-state index contributed by atoms with van der Waals surface area (Å²) >= 11 is 6.50. The zero-order valence-electron chi connectivity index (χ0n) is 21.9. The molecule has 1 saturated carbocycles. The van der Waals surface area contributed by atoms with Crippen molar-refractivity contribution in [1.82, 2.24) is 15.1 Å². The fourth-order valence-electron chi connectivity index (χ4n) is 4.74. The second kappa shape index (κ2) is 12.6. The van der Waals surface area contributed by atoms with Gasteiger partial charge in [0.05, 0.1) is 21.6 Å². The minimum absolute atomic E-state index is 0.0261. The molecule has 1 amide bonds. The Morgan fingerprint density at radius 1 is 1.30 bits per heavy atom. The summed E-state index contributed by atoms with van der Waals surface area (Å²) in [6, 6.07) is 4.05. The number of hydrogen-bond donors (Lipinski definition) is 2. The van der Waals surface area contributed by atoms with E-state index in [-0.39, 0.29) is 79.3 Å². The molecule has 0 radical (unpaired) electrons. The number of halogens is 6. The van der Waals surface area contributed by atoms with Crippen molar-refractivity contribution in [3.8, 4) is 17.0 Å². The molecule has 1 aliphatic carbocycles. The average Bonchev–Trinajstić information content (AvgIpc) is 3.17. The Labute approximate surface area is 233 Å². The molecule has 1 fully saturated rings. The maximum Gasteiger partial charge on any atom is 0.389 e. The predicted molar refractivity (Wildman–Crippen MR) is 138 cm³/mol. The number of aryl methyl sites for hydroxylation is 2. The van der Waals surface area contributed by atoms with E-state index in [4.69, 9.17) is 11.6 Å². The Balaban J connectivity index is 1.82. The minimum Gasteiger partial charge on any atom is -0.434 e. The second-order valence-electron chi connectivity index (χ2n) is 9.94. The summed E-state index contributed by atoms with van der Waals surface area (Å²) in [5.74, 6) is -1.07. The van der Waals surface area contributed by atoms with Crippen molar-refractivity contribution in [2.24, 2.45) is 0 Å². The quantitative estimate of drug-likeness (QED) is 0.338. The number of nitrogens with zero attached hydrogens (tertiary/aromatic N) is 2. The van der Waals surface area contributed by atoms with E-state index >= 15 is 0 Å². The van der Waals surface area contributed by atoms with E-state index in [1.54, 1.807) is 6.92 Å². The van der Waals surface area contributed by atoms with Gasteiger partial charge in [-0.1, -0.05) is 17.7 Å². The monoisotopic (exact) mass is 615 g/mol. The minimum atomic E-state index is -4.34. The van der Waals surface area contributed by atoms with Crippen LogP contribution in [0.15, 0.2) is 18.2 Å². The molecule has 1 aromatic heterocycles. The van der Waals surface area contributed by atoms with Crippen LogP contribution in [0.2, 0.25) is 5.02 Å². The summed E-state index contributed by atoms with van der Waals surface area (Å²) in [4.78, 5) is 13.0. The van der Waals surface area contributed by atoms with E-state index in [1.165, 1.54) is 22.9 Å². The fraction of sp³-hybridized carbons (Fsp3) is 0.600. The standard InChI is InChI=1S/C25H31ClF5N3O5S/c1-3-34-21(17-7-6-15(5-4-10-25(29,30)31)13-18(17)39-23(27)28)19(26)20(33-34)22(35)32-14-24(36)11-8-16(9-12-24)40(2,37)38/h6-7,13,16,23,36H,3-5,8-12,14H2,1-2H3,(H,32,35). The van der Waals surface area contributed by atoms with Crippen LogP contribution >= 0.6 is 11.6 Å². The van der Waals surface area contributed by atoms with Gasteiger partial charge < -0.3 is 15.2 Å². The molecule has 2 N–H and O–H groups in total. The van der Waals surface area contributed by atoms with Crippen molar-refractivity contribution in [2.45, 2.75) is 82.1 Å². The molecule has 3 rings (SSSR count). The van der Waals surface area contributed by atoms with E-state index in [1.807, 2.05) is 0 Å². The van der Waals surface area contributed by atoms with E-state index < -0.39 is 45.8 Å². The SMILES string of the molecule is CCn1nc(C(=O)NCC2(O)CCC(S(C)(=O)=O)CC2)c(Cl)c1-c1ccc(CCCC(F)(F)F)cc1OC(F)F. The third-order valence-electron chi connectivity index (χ3n) is 6.90. The summed E-state index contributed by atoms with van der Waals surface area (Å²) in [7, 11) is -3.24. The predicted octanol–water partition coefficient (Wildman–Crippen LogP) is 5.16. The van der Waals surface area contributed by atoms with Crippen molar-refractivity contribution >= 4 is 27.3 Å². The normalized spacial score (nSPS) is 20.1. The van der Waals surface area contributed by atoms with Crippen LogP contribution in [0, 0.1) is 0 Å². The number of ether oxygens (including phenoxy) is 1. The van der Waals surface area contributed by atoms with Crippen molar-refractivity contribution in [3.63, 3.8) is 0 Å². The van der Waals surface area contributed by atoms with Crippen molar-refractivity contribution < 1.29 is 45.0 Å². The summed E-state index contributed by atoms with van der Waals surface area (Å²) in [6.45, 7) is -1.56. The second-order valence-corrected chi connectivity index (χ2v) is 12.6. The van der Waals surface area contributed by atoms with Gasteiger partial charge in [0.25, 0.3) is 5.91 Å². The number of carbonyl (C=O) groups excluding carboxylic acids is 1. The van der Waals surface area contributed by atoms with Crippen LogP contribution in [0.3, 0.4) is 0 Å². The number of nitrogens with one attached hydrogen (secondary N) is 1. The van der Waals surface area contributed by atoms with Crippen molar-refractivity contribution in [1.29, 1.82) is 0 Å². The summed E-state index contributed by atoms with van der Waals surface area (Å²) in [5.41, 5.74) is -1.04. The molecule has 8 nitrogen and oxygen atoms in total. The van der Waals surface area contributed by atoms with Crippen LogP contribution < -0.4 is 10.1 Å². The smallest absolute Gasteiger partial charge is 0.389 e. The topological polar surface area (TPSA) is 111 Å². The fourth-order valence-corrected chi connectivity index (χ4v) is 6.15. The highest BCUT2D eigenvalue weighted by atomic mass is 35.5. The molecular formula is C25H31ClF5N3O5S. The number of rotatable bonds is 11. The molecule has 1 aliphatic rings. The molecule has 0 bridgehead atoms. The molecule has 0 spiro atoms. The molecule has 0 atom stereocenters. The van der Waals surface area contributed by atoms with Gasteiger partial charge in [-0.15, -0.1) is 0 Å². The molecule has 1 heterocycles. The average molecular weight is 616 g/mol. The molecular weight excluding hydrogens is 585 g/mol. The Hall–Kier alpha value is -2.45. The third kappa shape index (κ3) is 8.29. The molecule has 2 aromatic rings. The highest BCUT2D eigenvalue weighted by molar-refractivity contribution is 7.91. The number of sulfone groups is 1. The zero-order chi connectivity index (χ0) is 29.9. The molecule has 40 heavy (non-hydrogen) atoms. The molecule has 0 aliphatic heterocycles. The van der Waals surface area contributed by atoms with Crippen LogP contribution in [0.5, 0.6) is 5.75 Å². The number of benzene rings is 1. The van der Waals surface area contributed by atoms with Gasteiger partial charge in [-0.2, -0.15) is 27.1 Å². The van der Waals surface area contributed by atoms with Crippen LogP contribution in [0.4, 0.5) is 22.0 Å². The summed E-state index contributed by atoms with van der Waals surface area (Å²) in [6.07, 6.45) is -3.66. The van der Waals surface area contributed by atoms with Gasteiger partial charge >= 0.3 is 12.8 Å². The first kappa shape index (κ1) is 32.1. The first-order chi connectivity index (χ1) is 18.5. The lowest BCUT2D eigenvalue weighted by molar-refractivity contribution is -0.135. The van der Waals surface area contributed by atoms with Gasteiger partial charge in [0.1, 0.15) is 15.6 Å². The lowest BCUT2D eigenvalue weighted by atomic mass is 9.84. The first-order valence-corrected chi connectivity index (χ1v) is 15.0. The molecule has 15 heteroatoms. The number of hydrogen-bond acceptors (Lipinski definition) is 6. The van der Waals surface area contributed by atoms with Gasteiger partial charge in [-0.25, -0.2) is 8.42 Å². The van der Waals surface area contributed by atoms with Crippen LogP contribution in [-0.4, -0.2) is 65.7 Å². The lowest BCUT2D eigenvalue weighted by Gasteiger charge is -2.35. The van der Waals surface area contributed by atoms with Crippen molar-refractivity contribution in [2.75, 3.05) is 12.8 Å². The third-order valence-corrected chi connectivity index (χ3v) is 8.94. The Kier molecular flexibility index (Phi) is 10.1. The van der Waals surface area contributed by atoms with Gasteiger partial charge in [-0.3, -0.25) is 9.48 Å². The molecule has 1 aromatic carbocycles. The number of carbonyl (C=O) groups is 1. The van der Waals surface area contributed by atoms with E-state index in [0.717, 1.165) is 6.26 Å². The molecule has 0 unspecified atom stereocenters.